The first-order valence-electron chi connectivity index (χ1n) is 4.77. The minimum absolute atomic E-state index is 0.485. The normalized spacial score (nSPS) is 11.0. The number of hydrogen-bond acceptors (Lipinski definition) is 2. The summed E-state index contributed by atoms with van der Waals surface area (Å²) < 4.78 is 1.00. The van der Waals surface area contributed by atoms with Crippen molar-refractivity contribution in [2.24, 2.45) is 10.2 Å². The molecule has 0 aliphatic heterocycles. The SMILES string of the molecule is Clc1ccc(N=Nc2ccc(Br)cc2)c(Cl)c1. The van der Waals surface area contributed by atoms with Crippen molar-refractivity contribution in [1.29, 1.82) is 0 Å². The zero-order chi connectivity index (χ0) is 12.3. The minimum Gasteiger partial charge on any atom is -0.151 e. The Morgan fingerprint density at radius 3 is 2.24 bits per heavy atom. The Morgan fingerprint density at radius 1 is 0.882 bits per heavy atom. The van der Waals surface area contributed by atoms with Gasteiger partial charge in [0, 0.05) is 9.50 Å². The first-order valence-corrected chi connectivity index (χ1v) is 6.32. The highest BCUT2D eigenvalue weighted by molar-refractivity contribution is 9.10. The van der Waals surface area contributed by atoms with Crippen LogP contribution in [0.4, 0.5) is 11.4 Å². The van der Waals surface area contributed by atoms with Gasteiger partial charge in [0.05, 0.1) is 10.7 Å². The number of rotatable bonds is 2. The largest absolute Gasteiger partial charge is 0.151 e. The van der Waals surface area contributed by atoms with Crippen molar-refractivity contribution in [2.75, 3.05) is 0 Å². The highest BCUT2D eigenvalue weighted by Gasteiger charge is 1.99. The Bertz CT molecular complexity index is 553. The molecule has 2 rings (SSSR count). The van der Waals surface area contributed by atoms with Gasteiger partial charge in [-0.05, 0) is 42.5 Å². The Hall–Kier alpha value is -0.900. The molecular formula is C12H7BrCl2N2. The second-order valence-corrected chi connectivity index (χ2v) is 5.03. The van der Waals surface area contributed by atoms with E-state index in [1.165, 1.54) is 0 Å². The molecule has 0 atom stereocenters. The van der Waals surface area contributed by atoms with Crippen molar-refractivity contribution < 1.29 is 0 Å². The van der Waals surface area contributed by atoms with Gasteiger partial charge in [-0.2, -0.15) is 5.11 Å². The lowest BCUT2D eigenvalue weighted by molar-refractivity contribution is 1.23. The molecule has 0 radical (unpaired) electrons. The van der Waals surface area contributed by atoms with E-state index in [1.807, 2.05) is 24.3 Å². The van der Waals surface area contributed by atoms with Gasteiger partial charge in [-0.1, -0.05) is 39.1 Å². The summed E-state index contributed by atoms with van der Waals surface area (Å²) >= 11 is 15.1. The second kappa shape index (κ2) is 5.63. The lowest BCUT2D eigenvalue weighted by Crippen LogP contribution is -1.69. The van der Waals surface area contributed by atoms with Gasteiger partial charge in [0.2, 0.25) is 0 Å². The molecule has 0 N–H and O–H groups in total. The lowest BCUT2D eigenvalue weighted by Gasteiger charge is -1.97. The van der Waals surface area contributed by atoms with Crippen molar-refractivity contribution in [3.05, 3.63) is 57.0 Å². The third-order valence-corrected chi connectivity index (χ3v) is 3.08. The highest BCUT2D eigenvalue weighted by atomic mass is 79.9. The van der Waals surface area contributed by atoms with E-state index < -0.39 is 0 Å². The van der Waals surface area contributed by atoms with Crippen LogP contribution in [0.3, 0.4) is 0 Å². The van der Waals surface area contributed by atoms with Crippen molar-refractivity contribution in [2.45, 2.75) is 0 Å². The van der Waals surface area contributed by atoms with E-state index >= 15 is 0 Å². The summed E-state index contributed by atoms with van der Waals surface area (Å²) in [4.78, 5) is 0. The average Bonchev–Trinajstić information content (AvgIpc) is 2.30. The van der Waals surface area contributed by atoms with Crippen LogP contribution in [0.1, 0.15) is 0 Å². The predicted molar refractivity (Wildman–Crippen MR) is 74.8 cm³/mol. The molecule has 17 heavy (non-hydrogen) atoms. The van der Waals surface area contributed by atoms with Gasteiger partial charge in [0.15, 0.2) is 0 Å². The van der Waals surface area contributed by atoms with E-state index in [4.69, 9.17) is 23.2 Å². The van der Waals surface area contributed by atoms with Crippen LogP contribution < -0.4 is 0 Å². The van der Waals surface area contributed by atoms with Gasteiger partial charge >= 0.3 is 0 Å². The van der Waals surface area contributed by atoms with Crippen LogP contribution in [-0.2, 0) is 0 Å². The average molecular weight is 330 g/mol. The van der Waals surface area contributed by atoms with Gasteiger partial charge in [-0.15, -0.1) is 5.11 Å². The third kappa shape index (κ3) is 3.53. The molecule has 0 fully saturated rings. The standard InChI is InChI=1S/C12H7BrCl2N2/c13-8-1-4-10(5-2-8)16-17-12-6-3-9(14)7-11(12)15/h1-7H. The van der Waals surface area contributed by atoms with E-state index in [0.717, 1.165) is 10.2 Å². The summed E-state index contributed by atoms with van der Waals surface area (Å²) in [5.41, 5.74) is 1.36. The monoisotopic (exact) mass is 328 g/mol. The van der Waals surface area contributed by atoms with Crippen LogP contribution in [-0.4, -0.2) is 0 Å². The Morgan fingerprint density at radius 2 is 1.59 bits per heavy atom. The highest BCUT2D eigenvalue weighted by Crippen LogP contribution is 2.29. The summed E-state index contributed by atoms with van der Waals surface area (Å²) in [7, 11) is 0. The fraction of sp³-hybridized carbons (Fsp3) is 0. The van der Waals surface area contributed by atoms with Crippen LogP contribution in [0.15, 0.2) is 57.2 Å². The molecular weight excluding hydrogens is 323 g/mol. The van der Waals surface area contributed by atoms with Gasteiger partial charge in [0.25, 0.3) is 0 Å². The Kier molecular flexibility index (Phi) is 4.15. The Balaban J connectivity index is 2.23. The molecule has 2 aromatic carbocycles. The van der Waals surface area contributed by atoms with Gasteiger partial charge in [-0.25, -0.2) is 0 Å². The molecule has 5 heteroatoms. The van der Waals surface area contributed by atoms with Crippen LogP contribution in [0.5, 0.6) is 0 Å². The van der Waals surface area contributed by atoms with E-state index in [-0.39, 0.29) is 0 Å². The van der Waals surface area contributed by atoms with E-state index in [9.17, 15) is 0 Å². The fourth-order valence-electron chi connectivity index (χ4n) is 1.18. The summed E-state index contributed by atoms with van der Waals surface area (Å²) in [5, 5.41) is 9.22. The van der Waals surface area contributed by atoms with Crippen LogP contribution >= 0.6 is 39.1 Å². The van der Waals surface area contributed by atoms with Crippen LogP contribution in [0.2, 0.25) is 10.0 Å². The maximum absolute atomic E-state index is 5.98. The smallest absolute Gasteiger partial charge is 0.104 e. The van der Waals surface area contributed by atoms with E-state index in [2.05, 4.69) is 26.2 Å². The van der Waals surface area contributed by atoms with E-state index in [1.54, 1.807) is 18.2 Å². The summed E-state index contributed by atoms with van der Waals surface area (Å²) in [5.74, 6) is 0. The molecule has 0 heterocycles. The molecule has 0 aliphatic rings. The van der Waals surface area contributed by atoms with Crippen LogP contribution in [0.25, 0.3) is 0 Å². The zero-order valence-electron chi connectivity index (χ0n) is 8.57. The lowest BCUT2D eigenvalue weighted by atomic mass is 10.3. The summed E-state index contributed by atoms with van der Waals surface area (Å²) in [6.07, 6.45) is 0. The number of halogens is 3. The molecule has 0 bridgehead atoms. The van der Waals surface area contributed by atoms with Crippen molar-refractivity contribution in [3.8, 4) is 0 Å². The molecule has 0 saturated heterocycles. The van der Waals surface area contributed by atoms with Gasteiger partial charge in [0.1, 0.15) is 5.69 Å². The molecule has 0 aromatic heterocycles. The number of benzene rings is 2. The molecule has 0 saturated carbocycles. The second-order valence-electron chi connectivity index (χ2n) is 3.27. The molecule has 0 unspecified atom stereocenters. The Labute approximate surface area is 117 Å². The molecule has 2 nitrogen and oxygen atoms in total. The minimum atomic E-state index is 0.485. The molecule has 0 spiro atoms. The fourth-order valence-corrected chi connectivity index (χ4v) is 1.89. The maximum Gasteiger partial charge on any atom is 0.104 e. The number of azo groups is 1. The summed E-state index contributed by atoms with van der Waals surface area (Å²) in [6.45, 7) is 0. The molecule has 0 amide bonds. The van der Waals surface area contributed by atoms with Gasteiger partial charge in [-0.3, -0.25) is 0 Å². The molecule has 2 aromatic rings. The van der Waals surface area contributed by atoms with Crippen molar-refractivity contribution >= 4 is 50.5 Å². The molecule has 0 aliphatic carbocycles. The van der Waals surface area contributed by atoms with Crippen molar-refractivity contribution in [1.82, 2.24) is 0 Å². The summed E-state index contributed by atoms with van der Waals surface area (Å²) in [6, 6.07) is 12.6. The topological polar surface area (TPSA) is 24.7 Å². The van der Waals surface area contributed by atoms with Gasteiger partial charge < -0.3 is 0 Å². The van der Waals surface area contributed by atoms with E-state index in [0.29, 0.717) is 15.7 Å². The van der Waals surface area contributed by atoms with Crippen molar-refractivity contribution in [3.63, 3.8) is 0 Å². The zero-order valence-corrected chi connectivity index (χ0v) is 11.7. The maximum atomic E-state index is 5.98. The first-order chi connectivity index (χ1) is 8.15. The van der Waals surface area contributed by atoms with Crippen LogP contribution in [0, 0.1) is 0 Å². The number of nitrogens with zero attached hydrogens (tertiary/aromatic N) is 2. The molecule has 86 valence electrons. The first kappa shape index (κ1) is 12.6. The quantitative estimate of drug-likeness (QED) is 0.588. The predicted octanol–water partition coefficient (Wildman–Crippen LogP) is 6.17. The third-order valence-electron chi connectivity index (χ3n) is 2.01. The number of hydrogen-bond donors (Lipinski definition) is 0.